The van der Waals surface area contributed by atoms with Crippen molar-refractivity contribution in [2.24, 2.45) is 5.92 Å². The van der Waals surface area contributed by atoms with Gasteiger partial charge in [0, 0.05) is 18.2 Å². The Morgan fingerprint density at radius 3 is 2.48 bits per heavy atom. The molecule has 0 spiro atoms. The summed E-state index contributed by atoms with van der Waals surface area (Å²) in [4.78, 5) is 30.1. The number of unbranched alkanes of at least 4 members (excludes halogenated alkanes) is 1. The summed E-state index contributed by atoms with van der Waals surface area (Å²) < 4.78 is 0. The van der Waals surface area contributed by atoms with Gasteiger partial charge < -0.3 is 0 Å². The van der Waals surface area contributed by atoms with Crippen LogP contribution in [0.15, 0.2) is 66.4 Å². The van der Waals surface area contributed by atoms with E-state index in [0.717, 1.165) is 25.7 Å². The molecule has 2 atom stereocenters. The summed E-state index contributed by atoms with van der Waals surface area (Å²) in [6.45, 7) is 12.2. The van der Waals surface area contributed by atoms with Crippen LogP contribution < -0.4 is 0 Å². The van der Waals surface area contributed by atoms with Crippen LogP contribution in [-0.4, -0.2) is 33.8 Å². The molecule has 176 valence electrons. The quantitative estimate of drug-likeness (QED) is 0.209. The Kier molecular flexibility index (Phi) is 9.73. The van der Waals surface area contributed by atoms with Gasteiger partial charge in [0.2, 0.25) is 0 Å². The number of aryl methyl sites for hydroxylation is 1. The molecule has 0 aromatic heterocycles. The predicted molar refractivity (Wildman–Crippen MR) is 136 cm³/mol. The number of hydrogen-bond donors (Lipinski definition) is 0. The number of imide groups is 1. The Bertz CT molecular complexity index is 938. The van der Waals surface area contributed by atoms with Gasteiger partial charge in [-0.1, -0.05) is 75.2 Å². The summed E-state index contributed by atoms with van der Waals surface area (Å²) in [5, 5.41) is 0. The molecular formula is C29H38N2O2. The molecule has 0 N–H and O–H groups in total. The first-order valence-corrected chi connectivity index (χ1v) is 12.0. The second kappa shape index (κ2) is 12.3. The lowest BCUT2D eigenvalue weighted by molar-refractivity contribution is -0.133. The molecule has 1 fully saturated rings. The first-order chi connectivity index (χ1) is 15.8. The van der Waals surface area contributed by atoms with Crippen LogP contribution in [0.2, 0.25) is 0 Å². The van der Waals surface area contributed by atoms with Crippen LogP contribution in [0.1, 0.15) is 65.4 Å². The number of urea groups is 1. The van der Waals surface area contributed by atoms with Crippen LogP contribution in [0.5, 0.6) is 0 Å². The van der Waals surface area contributed by atoms with Gasteiger partial charge >= 0.3 is 6.03 Å². The van der Waals surface area contributed by atoms with Crippen molar-refractivity contribution in [1.29, 1.82) is 0 Å². The normalized spacial score (nSPS) is 20.2. The number of hydrogen-bond acceptors (Lipinski definition) is 2. The molecule has 1 aliphatic heterocycles. The Hall–Kier alpha value is -3.06. The third kappa shape index (κ3) is 6.05. The van der Waals surface area contributed by atoms with Gasteiger partial charge in [-0.25, -0.2) is 4.79 Å². The Labute approximate surface area is 200 Å². The number of allylic oxidation sites excluding steroid dienone is 4. The van der Waals surface area contributed by atoms with Crippen molar-refractivity contribution in [3.63, 3.8) is 0 Å². The van der Waals surface area contributed by atoms with Gasteiger partial charge in [0.05, 0.1) is 0 Å². The molecule has 0 bridgehead atoms. The summed E-state index contributed by atoms with van der Waals surface area (Å²) in [5.41, 5.74) is 2.25. The average molecular weight is 447 g/mol. The highest BCUT2D eigenvalue weighted by Crippen LogP contribution is 2.39. The molecule has 0 radical (unpaired) electrons. The van der Waals surface area contributed by atoms with E-state index in [9.17, 15) is 9.59 Å². The zero-order valence-electron chi connectivity index (χ0n) is 20.6. The molecule has 4 nitrogen and oxygen atoms in total. The zero-order chi connectivity index (χ0) is 24.4. The molecule has 1 saturated heterocycles. The molecular weight excluding hydrogens is 408 g/mol. The van der Waals surface area contributed by atoms with Crippen molar-refractivity contribution in [2.75, 3.05) is 6.54 Å². The molecule has 0 aliphatic carbocycles. The highest BCUT2D eigenvalue weighted by molar-refractivity contribution is 6.08. The Morgan fingerprint density at radius 2 is 1.91 bits per heavy atom. The summed E-state index contributed by atoms with van der Waals surface area (Å²) in [5.74, 6) is 2.29. The zero-order valence-corrected chi connectivity index (χ0v) is 20.6. The topological polar surface area (TPSA) is 40.6 Å². The molecule has 2 unspecified atom stereocenters. The summed E-state index contributed by atoms with van der Waals surface area (Å²) in [6.07, 6.45) is 16.0. The molecule has 2 rings (SSSR count). The van der Waals surface area contributed by atoms with E-state index in [1.807, 2.05) is 44.2 Å². The van der Waals surface area contributed by atoms with Crippen molar-refractivity contribution >= 4 is 11.9 Å². The van der Waals surface area contributed by atoms with Gasteiger partial charge in [-0.2, -0.15) is 0 Å². The fourth-order valence-corrected chi connectivity index (χ4v) is 4.29. The molecule has 1 aromatic carbocycles. The van der Waals surface area contributed by atoms with Crippen molar-refractivity contribution in [3.8, 4) is 12.3 Å². The number of terminal acetylenes is 1. The van der Waals surface area contributed by atoms with E-state index >= 15 is 0 Å². The second-order valence-electron chi connectivity index (χ2n) is 8.88. The summed E-state index contributed by atoms with van der Waals surface area (Å²) in [7, 11) is 0. The second-order valence-corrected chi connectivity index (χ2v) is 8.88. The average Bonchev–Trinajstić information content (AvgIpc) is 3.04. The van der Waals surface area contributed by atoms with E-state index in [1.165, 1.54) is 16.0 Å². The third-order valence-corrected chi connectivity index (χ3v) is 6.42. The lowest BCUT2D eigenvalue weighted by Gasteiger charge is -2.35. The number of rotatable bonds is 12. The van der Waals surface area contributed by atoms with E-state index in [1.54, 1.807) is 11.0 Å². The first kappa shape index (κ1) is 26.2. The molecule has 1 aromatic rings. The number of carbonyl (C=O) groups is 2. The van der Waals surface area contributed by atoms with Gasteiger partial charge in [-0.3, -0.25) is 14.6 Å². The van der Waals surface area contributed by atoms with Crippen LogP contribution in [0.3, 0.4) is 0 Å². The van der Waals surface area contributed by atoms with E-state index in [4.69, 9.17) is 6.42 Å². The van der Waals surface area contributed by atoms with Crippen LogP contribution in [0.25, 0.3) is 0 Å². The minimum atomic E-state index is -0.896. The van der Waals surface area contributed by atoms with Gasteiger partial charge in [0.25, 0.3) is 5.91 Å². The minimum Gasteiger partial charge on any atom is -0.279 e. The molecule has 4 heteroatoms. The maximum Gasteiger partial charge on any atom is 0.332 e. The minimum absolute atomic E-state index is 0.150. The van der Waals surface area contributed by atoms with Crippen LogP contribution in [0, 0.1) is 18.3 Å². The fraction of sp³-hybridized carbons (Fsp3) is 0.448. The fourth-order valence-electron chi connectivity index (χ4n) is 4.29. The van der Waals surface area contributed by atoms with Gasteiger partial charge in [0.1, 0.15) is 5.54 Å². The molecule has 33 heavy (non-hydrogen) atoms. The third-order valence-electron chi connectivity index (χ3n) is 6.42. The van der Waals surface area contributed by atoms with Gasteiger partial charge in [-0.15, -0.1) is 12.3 Å². The lowest BCUT2D eigenvalue weighted by Crippen LogP contribution is -2.48. The number of amides is 3. The molecule has 1 aliphatic rings. The Morgan fingerprint density at radius 1 is 1.21 bits per heavy atom. The van der Waals surface area contributed by atoms with Crippen LogP contribution >= 0.6 is 0 Å². The number of benzene rings is 1. The van der Waals surface area contributed by atoms with Gasteiger partial charge in [0.15, 0.2) is 0 Å². The van der Waals surface area contributed by atoms with E-state index in [2.05, 4.69) is 38.5 Å². The van der Waals surface area contributed by atoms with E-state index < -0.39 is 5.54 Å². The smallest absolute Gasteiger partial charge is 0.279 e. The number of nitrogens with zero attached hydrogens (tertiary/aromatic N) is 2. The van der Waals surface area contributed by atoms with Crippen LogP contribution in [-0.2, 0) is 11.2 Å². The van der Waals surface area contributed by atoms with E-state index in [-0.39, 0.29) is 24.4 Å². The largest absolute Gasteiger partial charge is 0.332 e. The van der Waals surface area contributed by atoms with Gasteiger partial charge in [-0.05, 0) is 57.2 Å². The van der Waals surface area contributed by atoms with Crippen molar-refractivity contribution < 1.29 is 9.59 Å². The molecule has 0 saturated carbocycles. The highest BCUT2D eigenvalue weighted by Gasteiger charge is 2.56. The molecule has 1 heterocycles. The summed E-state index contributed by atoms with van der Waals surface area (Å²) >= 11 is 0. The molecule has 3 amide bonds. The summed E-state index contributed by atoms with van der Waals surface area (Å²) in [6, 6.07) is 10.1. The maximum atomic E-state index is 13.6. The van der Waals surface area contributed by atoms with Crippen LogP contribution in [0.4, 0.5) is 4.79 Å². The Balaban J connectivity index is 2.36. The standard InChI is InChI=1S/C29H38N2O2/c1-7-11-21-29(10-4)27(32)30(22-23(5)8-2)28(33)31(29)26(9-3)20-18-24(6)17-19-25-15-13-12-14-16-25/h2,9,12-16,18,20,23H,3,7,10-11,17,19,21-22H2,1,4-6H3/b24-18+,26-20+. The predicted octanol–water partition coefficient (Wildman–Crippen LogP) is 6.51. The first-order valence-electron chi connectivity index (χ1n) is 12.0. The van der Waals surface area contributed by atoms with Crippen molar-refractivity contribution in [3.05, 3.63) is 72.0 Å². The maximum absolute atomic E-state index is 13.6. The van der Waals surface area contributed by atoms with E-state index in [0.29, 0.717) is 18.5 Å². The lowest BCUT2D eigenvalue weighted by atomic mass is 9.87. The van der Waals surface area contributed by atoms with Crippen molar-refractivity contribution in [2.45, 2.75) is 71.8 Å². The SMILES string of the molecule is C#CC(C)CN1C(=O)N(/C(C=C)=C/C=C(\C)CCc2ccccc2)C(CC)(CCCC)C1=O. The number of carbonyl (C=O) groups excluding carboxylic acids is 2. The monoisotopic (exact) mass is 446 g/mol. The van der Waals surface area contributed by atoms with Crippen molar-refractivity contribution in [1.82, 2.24) is 9.80 Å². The highest BCUT2D eigenvalue weighted by atomic mass is 16.2.